The molecule has 1 aliphatic heterocycles. The molecule has 0 aromatic heterocycles. The molecule has 1 atom stereocenters. The van der Waals surface area contributed by atoms with Crippen molar-refractivity contribution in [1.29, 1.82) is 0 Å². The van der Waals surface area contributed by atoms with Crippen molar-refractivity contribution in [1.82, 2.24) is 5.32 Å². The minimum atomic E-state index is 0.219. The van der Waals surface area contributed by atoms with Crippen molar-refractivity contribution >= 4 is 21.8 Å². The predicted molar refractivity (Wildman–Crippen MR) is 66.1 cm³/mol. The van der Waals surface area contributed by atoms with E-state index in [0.29, 0.717) is 0 Å². The van der Waals surface area contributed by atoms with Gasteiger partial charge in [-0.3, -0.25) is 5.32 Å². The average Bonchev–Trinajstić information content (AvgIpc) is 2.62. The van der Waals surface area contributed by atoms with E-state index in [2.05, 4.69) is 47.6 Å². The first kappa shape index (κ1) is 9.74. The lowest BCUT2D eigenvalue weighted by Gasteiger charge is -2.11. The monoisotopic (exact) mass is 208 g/mol. The first-order valence-electron chi connectivity index (χ1n) is 4.86. The topological polar surface area (TPSA) is 24.1 Å². The van der Waals surface area contributed by atoms with Gasteiger partial charge >= 0.3 is 0 Å². The molecule has 0 bridgehead atoms. The standard InChI is InChI=1S/C11H16N2S/c1-9-3-4-11(10(2)7-9)13-14-6-5-12-8-14/h3-4,7-8,12-13H,5-6H2,1-2H3. The molecule has 2 nitrogen and oxygen atoms in total. The van der Waals surface area contributed by atoms with E-state index in [9.17, 15) is 0 Å². The normalized spacial score (nSPS) is 20.6. The van der Waals surface area contributed by atoms with Gasteiger partial charge in [0.25, 0.3) is 0 Å². The number of nitrogens with one attached hydrogen (secondary N) is 2. The van der Waals surface area contributed by atoms with Crippen molar-refractivity contribution in [3.63, 3.8) is 0 Å². The van der Waals surface area contributed by atoms with Gasteiger partial charge in [0.2, 0.25) is 0 Å². The minimum Gasteiger partial charge on any atom is -0.334 e. The highest BCUT2D eigenvalue weighted by molar-refractivity contribution is 8.16. The summed E-state index contributed by atoms with van der Waals surface area (Å²) in [6.45, 7) is 5.38. The van der Waals surface area contributed by atoms with Crippen LogP contribution in [0.1, 0.15) is 11.1 Å². The maximum absolute atomic E-state index is 3.55. The summed E-state index contributed by atoms with van der Waals surface area (Å²) in [7, 11) is 0.219. The molecule has 0 radical (unpaired) electrons. The fourth-order valence-corrected chi connectivity index (χ4v) is 2.98. The SMILES string of the molecule is Cc1ccc(NS2=CNCC2)c(C)c1. The quantitative estimate of drug-likeness (QED) is 0.729. The number of rotatable bonds is 2. The zero-order valence-corrected chi connectivity index (χ0v) is 9.45. The van der Waals surface area contributed by atoms with Crippen LogP contribution in [0.3, 0.4) is 0 Å². The summed E-state index contributed by atoms with van der Waals surface area (Å²) < 4.78 is 3.55. The van der Waals surface area contributed by atoms with E-state index >= 15 is 0 Å². The Kier molecular flexibility index (Phi) is 2.89. The van der Waals surface area contributed by atoms with Gasteiger partial charge in [-0.1, -0.05) is 28.4 Å². The molecule has 1 heterocycles. The Morgan fingerprint density at radius 3 is 2.86 bits per heavy atom. The van der Waals surface area contributed by atoms with Gasteiger partial charge in [0, 0.05) is 23.5 Å². The molecule has 1 aliphatic rings. The number of benzene rings is 1. The van der Waals surface area contributed by atoms with Crippen LogP contribution < -0.4 is 10.0 Å². The van der Waals surface area contributed by atoms with Crippen LogP contribution in [-0.4, -0.2) is 17.8 Å². The Bertz CT molecular complexity index is 372. The van der Waals surface area contributed by atoms with Gasteiger partial charge in [0.05, 0.1) is 0 Å². The summed E-state index contributed by atoms with van der Waals surface area (Å²) in [5.41, 5.74) is 6.08. The van der Waals surface area contributed by atoms with Gasteiger partial charge in [-0.05, 0) is 25.5 Å². The Hall–Kier alpha value is -0.800. The van der Waals surface area contributed by atoms with Gasteiger partial charge in [-0.15, -0.1) is 0 Å². The second-order valence-electron chi connectivity index (χ2n) is 3.63. The summed E-state index contributed by atoms with van der Waals surface area (Å²) in [6, 6.07) is 6.54. The minimum absolute atomic E-state index is 0.219. The maximum Gasteiger partial charge on any atom is 0.0465 e. The summed E-state index contributed by atoms with van der Waals surface area (Å²) >= 11 is 0. The molecule has 1 aromatic carbocycles. The molecule has 76 valence electrons. The van der Waals surface area contributed by atoms with Crippen molar-refractivity contribution in [2.45, 2.75) is 13.8 Å². The lowest BCUT2D eigenvalue weighted by Crippen LogP contribution is -2.05. The third kappa shape index (κ3) is 2.16. The van der Waals surface area contributed by atoms with Crippen LogP contribution in [-0.2, 0) is 0 Å². The van der Waals surface area contributed by atoms with Crippen LogP contribution in [0.25, 0.3) is 0 Å². The van der Waals surface area contributed by atoms with E-state index in [1.165, 1.54) is 22.6 Å². The lowest BCUT2D eigenvalue weighted by atomic mass is 10.1. The summed E-state index contributed by atoms with van der Waals surface area (Å²) in [6.07, 6.45) is 0. The molecule has 0 fully saturated rings. The molecule has 1 aromatic rings. The molecular formula is C11H16N2S. The Labute approximate surface area is 87.8 Å². The number of hydrogen-bond acceptors (Lipinski definition) is 2. The van der Waals surface area contributed by atoms with E-state index in [0.717, 1.165) is 6.54 Å². The smallest absolute Gasteiger partial charge is 0.0465 e. The zero-order chi connectivity index (χ0) is 9.97. The van der Waals surface area contributed by atoms with Gasteiger partial charge in [0.15, 0.2) is 0 Å². The highest BCUT2D eigenvalue weighted by atomic mass is 32.2. The van der Waals surface area contributed by atoms with Crippen LogP contribution in [0.4, 0.5) is 5.69 Å². The van der Waals surface area contributed by atoms with Gasteiger partial charge in [-0.25, -0.2) is 0 Å². The van der Waals surface area contributed by atoms with E-state index < -0.39 is 0 Å². The molecule has 1 unspecified atom stereocenters. The van der Waals surface area contributed by atoms with Gasteiger partial charge in [-0.2, -0.15) is 0 Å². The second-order valence-corrected chi connectivity index (χ2v) is 5.33. The van der Waals surface area contributed by atoms with Crippen LogP contribution in [0, 0.1) is 13.8 Å². The van der Waals surface area contributed by atoms with Crippen LogP contribution in [0.5, 0.6) is 0 Å². The third-order valence-electron chi connectivity index (χ3n) is 2.31. The molecule has 2 rings (SSSR count). The summed E-state index contributed by atoms with van der Waals surface area (Å²) in [5.74, 6) is 1.20. The van der Waals surface area contributed by atoms with Gasteiger partial charge in [0.1, 0.15) is 0 Å². The molecule has 2 N–H and O–H groups in total. The van der Waals surface area contributed by atoms with Crippen molar-refractivity contribution in [3.05, 3.63) is 29.3 Å². The number of hydrogen-bond donors (Lipinski definition) is 2. The van der Waals surface area contributed by atoms with Crippen molar-refractivity contribution in [2.24, 2.45) is 0 Å². The van der Waals surface area contributed by atoms with E-state index in [1.54, 1.807) is 0 Å². The summed E-state index contributed by atoms with van der Waals surface area (Å²) in [5, 5.41) is 3.25. The van der Waals surface area contributed by atoms with Gasteiger partial charge < -0.3 is 4.72 Å². The number of aryl methyl sites for hydroxylation is 2. The first-order valence-corrected chi connectivity index (χ1v) is 6.32. The maximum atomic E-state index is 3.55. The van der Waals surface area contributed by atoms with E-state index in [-0.39, 0.29) is 10.7 Å². The molecule has 14 heavy (non-hydrogen) atoms. The second kappa shape index (κ2) is 4.15. The Morgan fingerprint density at radius 2 is 2.21 bits per heavy atom. The molecule has 0 saturated carbocycles. The molecular weight excluding hydrogens is 192 g/mol. The van der Waals surface area contributed by atoms with Crippen LogP contribution in [0.15, 0.2) is 18.2 Å². The average molecular weight is 208 g/mol. The van der Waals surface area contributed by atoms with E-state index in [1.807, 2.05) is 0 Å². The van der Waals surface area contributed by atoms with Crippen molar-refractivity contribution < 1.29 is 0 Å². The highest BCUT2D eigenvalue weighted by Gasteiger charge is 2.03. The molecule has 3 heteroatoms. The fraction of sp³-hybridized carbons (Fsp3) is 0.364. The van der Waals surface area contributed by atoms with Crippen molar-refractivity contribution in [2.75, 3.05) is 17.0 Å². The Balaban J connectivity index is 2.16. The zero-order valence-electron chi connectivity index (χ0n) is 8.63. The van der Waals surface area contributed by atoms with Crippen LogP contribution >= 0.6 is 10.7 Å². The van der Waals surface area contributed by atoms with E-state index in [4.69, 9.17) is 0 Å². The molecule has 0 spiro atoms. The Morgan fingerprint density at radius 1 is 1.36 bits per heavy atom. The third-order valence-corrected chi connectivity index (χ3v) is 3.89. The highest BCUT2D eigenvalue weighted by Crippen LogP contribution is 2.23. The molecule has 0 aliphatic carbocycles. The fourth-order valence-electron chi connectivity index (χ4n) is 1.54. The predicted octanol–water partition coefficient (Wildman–Crippen LogP) is 2.26. The molecule has 0 saturated heterocycles. The van der Waals surface area contributed by atoms with Crippen LogP contribution in [0.2, 0.25) is 0 Å². The first-order chi connectivity index (χ1) is 6.75. The lowest BCUT2D eigenvalue weighted by molar-refractivity contribution is 1.03. The number of anilines is 1. The largest absolute Gasteiger partial charge is 0.334 e. The van der Waals surface area contributed by atoms with Crippen molar-refractivity contribution in [3.8, 4) is 0 Å². The molecule has 0 amide bonds. The summed E-state index contributed by atoms with van der Waals surface area (Å²) in [4.78, 5) is 0.